The summed E-state index contributed by atoms with van der Waals surface area (Å²) in [6.07, 6.45) is 0. The maximum absolute atomic E-state index is 12.6. The molecule has 0 aliphatic heterocycles. The Morgan fingerprint density at radius 3 is 2.21 bits per heavy atom. The van der Waals surface area contributed by atoms with Gasteiger partial charge in [0.25, 0.3) is 5.91 Å². The van der Waals surface area contributed by atoms with Crippen molar-refractivity contribution in [2.24, 2.45) is 5.92 Å². The monoisotopic (exact) mass is 386 g/mol. The third-order valence-electron chi connectivity index (χ3n) is 4.76. The molecule has 0 spiro atoms. The van der Waals surface area contributed by atoms with Gasteiger partial charge in [-0.25, -0.2) is 4.79 Å². The van der Waals surface area contributed by atoms with E-state index in [-0.39, 0.29) is 23.8 Å². The summed E-state index contributed by atoms with van der Waals surface area (Å²) in [5.74, 6) is -0.271. The molecule has 0 aliphatic rings. The molecule has 0 aliphatic carbocycles. The number of rotatable bonds is 6. The molecule has 0 bridgehead atoms. The maximum Gasteiger partial charge on any atom is 0.329 e. The normalized spacial score (nSPS) is 12.7. The van der Waals surface area contributed by atoms with Crippen LogP contribution < -0.4 is 5.32 Å². The molecule has 1 atom stereocenters. The van der Waals surface area contributed by atoms with Crippen molar-refractivity contribution in [3.8, 4) is 0 Å². The Kier molecular flexibility index (Phi) is 6.65. The average molecular weight is 386 g/mol. The van der Waals surface area contributed by atoms with Crippen LogP contribution in [0.1, 0.15) is 67.6 Å². The van der Waals surface area contributed by atoms with Gasteiger partial charge < -0.3 is 14.6 Å². The molecule has 2 aromatic rings. The summed E-state index contributed by atoms with van der Waals surface area (Å²) in [5, 5.41) is 6.65. The van der Waals surface area contributed by atoms with Crippen LogP contribution in [0.15, 0.2) is 28.8 Å². The van der Waals surface area contributed by atoms with E-state index in [1.807, 2.05) is 26.0 Å². The molecule has 1 aromatic heterocycles. The summed E-state index contributed by atoms with van der Waals surface area (Å²) in [6.45, 7) is 13.7. The maximum atomic E-state index is 12.6. The highest BCUT2D eigenvalue weighted by atomic mass is 16.5. The number of ether oxygens (including phenoxy) is 1. The van der Waals surface area contributed by atoms with Crippen LogP contribution >= 0.6 is 0 Å². The molecule has 0 radical (unpaired) electrons. The number of aromatic nitrogens is 1. The van der Waals surface area contributed by atoms with Gasteiger partial charge in [-0.3, -0.25) is 4.79 Å². The zero-order valence-corrected chi connectivity index (χ0v) is 17.8. The van der Waals surface area contributed by atoms with Gasteiger partial charge in [0.2, 0.25) is 0 Å². The van der Waals surface area contributed by atoms with Crippen LogP contribution in [-0.2, 0) is 21.6 Å². The third-order valence-corrected chi connectivity index (χ3v) is 4.76. The average Bonchev–Trinajstić information content (AvgIpc) is 2.94. The SMILES string of the molecule is Cc1noc(C)c1COC(=O)C(NC(=O)c1ccc(C(C)(C)C)cc1)C(C)C. The first-order valence-electron chi connectivity index (χ1n) is 9.50. The van der Waals surface area contributed by atoms with Gasteiger partial charge in [0.15, 0.2) is 0 Å². The quantitative estimate of drug-likeness (QED) is 0.756. The molecule has 1 amide bonds. The zero-order chi connectivity index (χ0) is 21.1. The van der Waals surface area contributed by atoms with Crippen molar-refractivity contribution in [1.82, 2.24) is 10.5 Å². The Labute approximate surface area is 166 Å². The van der Waals surface area contributed by atoms with E-state index < -0.39 is 12.0 Å². The third kappa shape index (κ3) is 5.21. The Balaban J connectivity index is 2.05. The van der Waals surface area contributed by atoms with Crippen LogP contribution in [0, 0.1) is 19.8 Å². The number of carbonyl (C=O) groups excluding carboxylic acids is 2. The Morgan fingerprint density at radius 2 is 1.75 bits per heavy atom. The van der Waals surface area contributed by atoms with Gasteiger partial charge in [-0.2, -0.15) is 0 Å². The number of esters is 1. The van der Waals surface area contributed by atoms with Crippen molar-refractivity contribution in [3.63, 3.8) is 0 Å². The Bertz CT molecular complexity index is 810. The molecule has 0 saturated carbocycles. The summed E-state index contributed by atoms with van der Waals surface area (Å²) in [6, 6.07) is 6.70. The summed E-state index contributed by atoms with van der Waals surface area (Å²) in [4.78, 5) is 25.2. The molecule has 28 heavy (non-hydrogen) atoms. The van der Waals surface area contributed by atoms with Crippen LogP contribution in [-0.4, -0.2) is 23.1 Å². The fourth-order valence-electron chi connectivity index (χ4n) is 2.78. The molecule has 1 N–H and O–H groups in total. The fourth-order valence-corrected chi connectivity index (χ4v) is 2.78. The predicted octanol–water partition coefficient (Wildman–Crippen LogP) is 4.09. The Morgan fingerprint density at radius 1 is 1.14 bits per heavy atom. The van der Waals surface area contributed by atoms with Gasteiger partial charge in [0.05, 0.1) is 11.3 Å². The highest BCUT2D eigenvalue weighted by Gasteiger charge is 2.27. The molecule has 0 fully saturated rings. The van der Waals surface area contributed by atoms with E-state index in [2.05, 4.69) is 31.2 Å². The van der Waals surface area contributed by atoms with E-state index >= 15 is 0 Å². The number of amides is 1. The molecule has 152 valence electrons. The van der Waals surface area contributed by atoms with Gasteiger partial charge in [0, 0.05) is 5.56 Å². The van der Waals surface area contributed by atoms with Crippen molar-refractivity contribution in [1.29, 1.82) is 0 Å². The first kappa shape index (κ1) is 21.7. The molecule has 6 nitrogen and oxygen atoms in total. The van der Waals surface area contributed by atoms with Crippen molar-refractivity contribution >= 4 is 11.9 Å². The van der Waals surface area contributed by atoms with E-state index in [4.69, 9.17) is 9.26 Å². The fraction of sp³-hybridized carbons (Fsp3) is 0.500. The van der Waals surface area contributed by atoms with E-state index in [0.717, 1.165) is 11.1 Å². The van der Waals surface area contributed by atoms with E-state index in [9.17, 15) is 9.59 Å². The van der Waals surface area contributed by atoms with Crippen LogP contribution in [0.3, 0.4) is 0 Å². The van der Waals surface area contributed by atoms with Crippen LogP contribution in [0.4, 0.5) is 0 Å². The molecule has 0 saturated heterocycles. The van der Waals surface area contributed by atoms with Gasteiger partial charge in [-0.1, -0.05) is 51.9 Å². The van der Waals surface area contributed by atoms with Gasteiger partial charge in [0.1, 0.15) is 18.4 Å². The molecule has 1 aromatic carbocycles. The number of aryl methyl sites for hydroxylation is 2. The number of benzene rings is 1. The van der Waals surface area contributed by atoms with Gasteiger partial charge in [-0.05, 0) is 42.9 Å². The number of nitrogens with one attached hydrogen (secondary N) is 1. The van der Waals surface area contributed by atoms with Crippen LogP contribution in [0.25, 0.3) is 0 Å². The minimum Gasteiger partial charge on any atom is -0.459 e. The first-order chi connectivity index (χ1) is 13.0. The second-order valence-electron chi connectivity index (χ2n) is 8.43. The number of hydrogen-bond donors (Lipinski definition) is 1. The van der Waals surface area contributed by atoms with Crippen molar-refractivity contribution in [3.05, 3.63) is 52.4 Å². The summed E-state index contributed by atoms with van der Waals surface area (Å²) in [7, 11) is 0. The van der Waals surface area contributed by atoms with Crippen molar-refractivity contribution < 1.29 is 18.8 Å². The summed E-state index contributed by atoms with van der Waals surface area (Å²) in [5.41, 5.74) is 3.10. The lowest BCUT2D eigenvalue weighted by atomic mass is 9.86. The predicted molar refractivity (Wildman–Crippen MR) is 107 cm³/mol. The molecular formula is C22H30N2O4. The molecule has 1 heterocycles. The minimum absolute atomic E-state index is 0.0114. The van der Waals surface area contributed by atoms with Crippen molar-refractivity contribution in [2.45, 2.75) is 66.5 Å². The topological polar surface area (TPSA) is 81.4 Å². The lowest BCUT2D eigenvalue weighted by Crippen LogP contribution is -2.45. The van der Waals surface area contributed by atoms with Gasteiger partial charge in [-0.15, -0.1) is 0 Å². The second kappa shape index (κ2) is 8.59. The summed E-state index contributed by atoms with van der Waals surface area (Å²) < 4.78 is 10.5. The highest BCUT2D eigenvalue weighted by Crippen LogP contribution is 2.22. The van der Waals surface area contributed by atoms with E-state index in [1.165, 1.54) is 0 Å². The first-order valence-corrected chi connectivity index (χ1v) is 9.50. The smallest absolute Gasteiger partial charge is 0.329 e. The lowest BCUT2D eigenvalue weighted by Gasteiger charge is -2.22. The standard InChI is InChI=1S/C22H30N2O4/c1-13(2)19(21(26)27-12-18-14(3)24-28-15(18)4)23-20(25)16-8-10-17(11-9-16)22(5,6)7/h8-11,13,19H,12H2,1-7H3,(H,23,25). The number of hydrogen-bond acceptors (Lipinski definition) is 5. The van der Waals surface area contributed by atoms with Crippen molar-refractivity contribution in [2.75, 3.05) is 0 Å². The molecule has 2 rings (SSSR count). The molecular weight excluding hydrogens is 356 g/mol. The lowest BCUT2D eigenvalue weighted by molar-refractivity contribution is -0.148. The number of carbonyl (C=O) groups is 2. The molecule has 1 unspecified atom stereocenters. The molecule has 6 heteroatoms. The second-order valence-corrected chi connectivity index (χ2v) is 8.43. The summed E-state index contributed by atoms with van der Waals surface area (Å²) >= 11 is 0. The highest BCUT2D eigenvalue weighted by molar-refractivity contribution is 5.96. The van der Waals surface area contributed by atoms with E-state index in [0.29, 0.717) is 17.0 Å². The zero-order valence-electron chi connectivity index (χ0n) is 17.8. The van der Waals surface area contributed by atoms with Gasteiger partial charge >= 0.3 is 5.97 Å². The van der Waals surface area contributed by atoms with Crippen LogP contribution in [0.5, 0.6) is 0 Å². The number of nitrogens with zero attached hydrogens (tertiary/aromatic N) is 1. The Hall–Kier alpha value is -2.63. The van der Waals surface area contributed by atoms with E-state index in [1.54, 1.807) is 26.0 Å². The minimum atomic E-state index is -0.740. The van der Waals surface area contributed by atoms with Crippen LogP contribution in [0.2, 0.25) is 0 Å². The largest absolute Gasteiger partial charge is 0.459 e.